The molecule has 2 aromatic heterocycles. The van der Waals surface area contributed by atoms with Gasteiger partial charge in [0.1, 0.15) is 17.3 Å². The number of rotatable bonds is 6. The summed E-state index contributed by atoms with van der Waals surface area (Å²) in [4.78, 5) is 40.2. The molecule has 3 N–H and O–H groups in total. The summed E-state index contributed by atoms with van der Waals surface area (Å²) in [5.74, 6) is -0.992. The molecule has 0 radical (unpaired) electrons. The van der Waals surface area contributed by atoms with Crippen molar-refractivity contribution in [3.8, 4) is 11.5 Å². The Labute approximate surface area is 222 Å². The van der Waals surface area contributed by atoms with Crippen molar-refractivity contribution < 1.29 is 23.2 Å². The molecule has 198 valence electrons. The third kappa shape index (κ3) is 5.04. The highest BCUT2D eigenvalue weighted by Crippen LogP contribution is 2.30. The Morgan fingerprint density at radius 1 is 1.03 bits per heavy atom. The normalized spacial score (nSPS) is 21.2. The second-order valence-electron chi connectivity index (χ2n) is 9.51. The molecule has 0 spiro atoms. The first kappa shape index (κ1) is 24.6. The number of nitrogens with one attached hydrogen (secondary N) is 3. The first-order chi connectivity index (χ1) is 18.9. The molecule has 3 atom stereocenters. The fourth-order valence-corrected chi connectivity index (χ4v) is 4.93. The van der Waals surface area contributed by atoms with Crippen LogP contribution in [0.1, 0.15) is 30.7 Å². The van der Waals surface area contributed by atoms with Crippen molar-refractivity contribution in [3.63, 3.8) is 0 Å². The molecule has 0 aliphatic carbocycles. The molecule has 2 aromatic carbocycles. The number of nitrogens with zero attached hydrogens (tertiary/aromatic N) is 3. The van der Waals surface area contributed by atoms with Gasteiger partial charge in [-0.1, -0.05) is 30.3 Å². The lowest BCUT2D eigenvalue weighted by molar-refractivity contribution is -0.125. The first-order valence-electron chi connectivity index (χ1n) is 12.6. The van der Waals surface area contributed by atoms with Gasteiger partial charge in [0, 0.05) is 37.2 Å². The zero-order valence-electron chi connectivity index (χ0n) is 20.7. The summed E-state index contributed by atoms with van der Waals surface area (Å²) in [5.41, 5.74) is 1.94. The summed E-state index contributed by atoms with van der Waals surface area (Å²) >= 11 is 0. The molecule has 6 rings (SSSR count). The average molecular weight is 529 g/mol. The molecule has 3 amide bonds. The minimum Gasteiger partial charge on any atom is -0.463 e. The average Bonchev–Trinajstić information content (AvgIpc) is 3.70. The molecule has 0 saturated carbocycles. The monoisotopic (exact) mass is 528 g/mol. The van der Waals surface area contributed by atoms with Crippen LogP contribution in [0.4, 0.5) is 15.9 Å². The zero-order valence-corrected chi connectivity index (χ0v) is 20.7. The van der Waals surface area contributed by atoms with E-state index in [9.17, 15) is 18.8 Å². The van der Waals surface area contributed by atoms with E-state index < -0.39 is 18.0 Å². The molecular formula is C28H25FN6O4. The lowest BCUT2D eigenvalue weighted by Gasteiger charge is -2.32. The van der Waals surface area contributed by atoms with Crippen molar-refractivity contribution in [2.75, 3.05) is 16.8 Å². The van der Waals surface area contributed by atoms with Gasteiger partial charge >= 0.3 is 0 Å². The van der Waals surface area contributed by atoms with E-state index in [4.69, 9.17) is 4.42 Å². The maximum Gasteiger partial charge on any atom is 0.230 e. The van der Waals surface area contributed by atoms with E-state index in [1.165, 1.54) is 40.1 Å². The molecule has 0 bridgehead atoms. The molecule has 3 unspecified atom stereocenters. The van der Waals surface area contributed by atoms with Crippen molar-refractivity contribution in [2.24, 2.45) is 5.92 Å². The predicted octanol–water partition coefficient (Wildman–Crippen LogP) is 3.58. The number of carbonyl (C=O) groups is 3. The molecule has 2 saturated heterocycles. The van der Waals surface area contributed by atoms with Gasteiger partial charge in [0.15, 0.2) is 12.0 Å². The van der Waals surface area contributed by atoms with Crippen LogP contribution in [0.2, 0.25) is 0 Å². The third-order valence-electron chi connectivity index (χ3n) is 6.89. The Bertz CT molecular complexity index is 1500. The summed E-state index contributed by atoms with van der Waals surface area (Å²) in [6.07, 6.45) is 1.03. The third-order valence-corrected chi connectivity index (χ3v) is 6.89. The van der Waals surface area contributed by atoms with Crippen LogP contribution in [-0.2, 0) is 14.4 Å². The number of benzene rings is 2. The van der Waals surface area contributed by atoms with Crippen molar-refractivity contribution in [2.45, 2.75) is 25.2 Å². The van der Waals surface area contributed by atoms with Crippen LogP contribution in [0, 0.1) is 11.7 Å². The van der Waals surface area contributed by atoms with Crippen molar-refractivity contribution in [1.29, 1.82) is 0 Å². The number of hydrogen-bond acceptors (Lipinski definition) is 6. The number of amides is 3. The van der Waals surface area contributed by atoms with Crippen molar-refractivity contribution >= 4 is 29.2 Å². The smallest absolute Gasteiger partial charge is 0.230 e. The zero-order chi connectivity index (χ0) is 26.9. The van der Waals surface area contributed by atoms with E-state index in [1.54, 1.807) is 18.2 Å². The van der Waals surface area contributed by atoms with Gasteiger partial charge < -0.3 is 20.0 Å². The van der Waals surface area contributed by atoms with Crippen LogP contribution >= 0.6 is 0 Å². The maximum absolute atomic E-state index is 13.3. The molecule has 39 heavy (non-hydrogen) atoms. The van der Waals surface area contributed by atoms with Gasteiger partial charge in [-0.25, -0.2) is 9.07 Å². The number of halogens is 1. The Balaban J connectivity index is 1.26. The molecule has 2 aliphatic heterocycles. The van der Waals surface area contributed by atoms with E-state index in [0.717, 1.165) is 5.56 Å². The minimum absolute atomic E-state index is 0.0108. The van der Waals surface area contributed by atoms with Gasteiger partial charge in [-0.3, -0.25) is 19.7 Å². The SMILES string of the molecule is O=C1CC(c2ccccc2)NC(n2nc(-c3ccco3)cc2NC(=O)C2CC(=O)N(c3ccc(F)cc3)C2)N1. The second kappa shape index (κ2) is 10.2. The van der Waals surface area contributed by atoms with E-state index in [0.29, 0.717) is 23.0 Å². The molecule has 4 heterocycles. The summed E-state index contributed by atoms with van der Waals surface area (Å²) in [6.45, 7) is 0.157. The lowest BCUT2D eigenvalue weighted by atomic mass is 10.0. The van der Waals surface area contributed by atoms with E-state index in [-0.39, 0.29) is 43.1 Å². The Hall–Kier alpha value is -4.77. The van der Waals surface area contributed by atoms with Crippen molar-refractivity contribution in [3.05, 3.63) is 90.4 Å². The van der Waals surface area contributed by atoms with E-state index in [2.05, 4.69) is 21.0 Å². The molecule has 2 aliphatic rings. The highest BCUT2D eigenvalue weighted by molar-refractivity contribution is 6.03. The summed E-state index contributed by atoms with van der Waals surface area (Å²) in [6, 6.07) is 20.1. The predicted molar refractivity (Wildman–Crippen MR) is 140 cm³/mol. The van der Waals surface area contributed by atoms with Crippen molar-refractivity contribution in [1.82, 2.24) is 20.4 Å². The van der Waals surface area contributed by atoms with E-state index >= 15 is 0 Å². The molecular weight excluding hydrogens is 503 g/mol. The fraction of sp³-hybridized carbons (Fsp3) is 0.214. The highest BCUT2D eigenvalue weighted by Gasteiger charge is 2.36. The number of furan rings is 1. The lowest BCUT2D eigenvalue weighted by Crippen LogP contribution is -2.50. The molecule has 11 heteroatoms. The van der Waals surface area contributed by atoms with Crippen LogP contribution in [0.3, 0.4) is 0 Å². The maximum atomic E-state index is 13.3. The molecule has 2 fully saturated rings. The van der Waals surface area contributed by atoms with Gasteiger partial charge in [-0.2, -0.15) is 5.10 Å². The van der Waals surface area contributed by atoms with Gasteiger partial charge in [-0.05, 0) is 42.0 Å². The Kier molecular flexibility index (Phi) is 6.41. The summed E-state index contributed by atoms with van der Waals surface area (Å²) in [5, 5.41) is 13.8. The summed E-state index contributed by atoms with van der Waals surface area (Å²) < 4.78 is 20.3. The second-order valence-corrected chi connectivity index (χ2v) is 9.51. The van der Waals surface area contributed by atoms with E-state index in [1.807, 2.05) is 30.3 Å². The van der Waals surface area contributed by atoms with Crippen LogP contribution in [0.5, 0.6) is 0 Å². The van der Waals surface area contributed by atoms with Crippen LogP contribution in [0.25, 0.3) is 11.5 Å². The standard InChI is InChI=1S/C28H25FN6O4/c29-19-8-10-20(11-9-19)34-16-18(13-26(34)37)27(38)31-24-14-22(23-7-4-12-39-23)33-35(24)28-30-21(15-25(36)32-28)17-5-2-1-3-6-17/h1-12,14,18,21,28,30H,13,15-16H2,(H,31,38)(H,32,36). The number of hydrogen-bond donors (Lipinski definition) is 3. The fourth-order valence-electron chi connectivity index (χ4n) is 4.93. The Morgan fingerprint density at radius 2 is 1.82 bits per heavy atom. The Morgan fingerprint density at radius 3 is 2.56 bits per heavy atom. The largest absolute Gasteiger partial charge is 0.463 e. The molecule has 10 nitrogen and oxygen atoms in total. The van der Waals surface area contributed by atoms with Gasteiger partial charge in [0.05, 0.1) is 12.2 Å². The quantitative estimate of drug-likeness (QED) is 0.352. The number of aromatic nitrogens is 2. The molecule has 4 aromatic rings. The summed E-state index contributed by atoms with van der Waals surface area (Å²) in [7, 11) is 0. The number of anilines is 2. The van der Waals surface area contributed by atoms with Gasteiger partial charge in [0.25, 0.3) is 0 Å². The van der Waals surface area contributed by atoms with Gasteiger partial charge in [-0.15, -0.1) is 0 Å². The highest BCUT2D eigenvalue weighted by atomic mass is 19.1. The number of carbonyl (C=O) groups excluding carboxylic acids is 3. The van der Waals surface area contributed by atoms with Gasteiger partial charge in [0.2, 0.25) is 17.7 Å². The van der Waals surface area contributed by atoms with Crippen LogP contribution in [0.15, 0.2) is 83.5 Å². The topological polar surface area (TPSA) is 121 Å². The minimum atomic E-state index is -0.753. The first-order valence-corrected chi connectivity index (χ1v) is 12.6. The van der Waals surface area contributed by atoms with Crippen LogP contribution in [-0.4, -0.2) is 34.0 Å². The van der Waals surface area contributed by atoms with Crippen LogP contribution < -0.4 is 20.9 Å².